The molecule has 0 bridgehead atoms. The summed E-state index contributed by atoms with van der Waals surface area (Å²) < 4.78 is 38.3. The zero-order valence-corrected chi connectivity index (χ0v) is 17.0. The first-order valence-electron chi connectivity index (χ1n) is 9.10. The minimum absolute atomic E-state index is 0.0485. The molecule has 2 heterocycles. The van der Waals surface area contributed by atoms with Crippen molar-refractivity contribution in [1.82, 2.24) is 19.3 Å². The Morgan fingerprint density at radius 2 is 2.14 bits per heavy atom. The number of hydrogen-bond donors (Lipinski definition) is 0. The molecule has 0 spiro atoms. The molecule has 3 rings (SSSR count). The molecule has 1 aliphatic rings. The van der Waals surface area contributed by atoms with Crippen molar-refractivity contribution < 1.29 is 22.5 Å². The molecule has 1 saturated heterocycles. The van der Waals surface area contributed by atoms with Crippen molar-refractivity contribution in [3.63, 3.8) is 0 Å². The van der Waals surface area contributed by atoms with E-state index in [2.05, 4.69) is 10.1 Å². The molecule has 0 N–H and O–H groups in total. The van der Waals surface area contributed by atoms with E-state index in [4.69, 9.17) is 9.26 Å². The van der Waals surface area contributed by atoms with Crippen LogP contribution in [0.2, 0.25) is 0 Å². The molecule has 1 aliphatic heterocycles. The molecule has 10 heteroatoms. The fraction of sp³-hybridized carbons (Fsp3) is 0.500. The molecule has 1 atom stereocenters. The smallest absolute Gasteiger partial charge is 0.250 e. The minimum Gasteiger partial charge on any atom is -0.497 e. The summed E-state index contributed by atoms with van der Waals surface area (Å²) in [6.45, 7) is 4.21. The molecule has 1 fully saturated rings. The van der Waals surface area contributed by atoms with Gasteiger partial charge in [0.05, 0.1) is 12.0 Å². The van der Waals surface area contributed by atoms with E-state index in [1.165, 1.54) is 23.5 Å². The van der Waals surface area contributed by atoms with E-state index < -0.39 is 16.1 Å². The topological polar surface area (TPSA) is 106 Å². The number of sulfonamides is 1. The highest BCUT2D eigenvalue weighted by Gasteiger charge is 2.37. The zero-order chi connectivity index (χ0) is 20.3. The van der Waals surface area contributed by atoms with Gasteiger partial charge in [0.15, 0.2) is 5.82 Å². The van der Waals surface area contributed by atoms with Crippen LogP contribution in [0.25, 0.3) is 0 Å². The van der Waals surface area contributed by atoms with E-state index in [0.717, 1.165) is 0 Å². The highest BCUT2D eigenvalue weighted by atomic mass is 32.2. The largest absolute Gasteiger partial charge is 0.497 e. The SMILES string of the molecule is CCC(=O)N1CCCN(S(=O)(=O)c2cccc(OC)c2)CC1c1nc(C)no1. The van der Waals surface area contributed by atoms with Crippen LogP contribution >= 0.6 is 0 Å². The third kappa shape index (κ3) is 4.02. The summed E-state index contributed by atoms with van der Waals surface area (Å²) in [7, 11) is -2.30. The van der Waals surface area contributed by atoms with Crippen LogP contribution in [0.15, 0.2) is 33.7 Å². The highest BCUT2D eigenvalue weighted by molar-refractivity contribution is 7.89. The van der Waals surface area contributed by atoms with Crippen LogP contribution < -0.4 is 4.74 Å². The lowest BCUT2D eigenvalue weighted by Crippen LogP contribution is -2.40. The molecule has 1 amide bonds. The average Bonchev–Trinajstić information content (AvgIpc) is 3.00. The van der Waals surface area contributed by atoms with Gasteiger partial charge in [-0.15, -0.1) is 0 Å². The number of hydrogen-bond acceptors (Lipinski definition) is 7. The number of rotatable bonds is 5. The number of carbonyl (C=O) groups excluding carboxylic acids is 1. The lowest BCUT2D eigenvalue weighted by atomic mass is 10.2. The zero-order valence-electron chi connectivity index (χ0n) is 16.2. The lowest BCUT2D eigenvalue weighted by Gasteiger charge is -2.28. The van der Waals surface area contributed by atoms with E-state index in [1.54, 1.807) is 30.9 Å². The van der Waals surface area contributed by atoms with E-state index in [1.807, 2.05) is 0 Å². The number of carbonyl (C=O) groups is 1. The Labute approximate surface area is 164 Å². The summed E-state index contributed by atoms with van der Waals surface area (Å²) in [6, 6.07) is 5.71. The van der Waals surface area contributed by atoms with Gasteiger partial charge in [-0.05, 0) is 25.5 Å². The molecule has 28 heavy (non-hydrogen) atoms. The average molecular weight is 408 g/mol. The summed E-state index contributed by atoms with van der Waals surface area (Å²) in [6.07, 6.45) is 0.824. The first-order valence-corrected chi connectivity index (χ1v) is 10.5. The third-order valence-electron chi connectivity index (χ3n) is 4.69. The first-order chi connectivity index (χ1) is 13.4. The molecule has 1 aromatic carbocycles. The molecule has 0 saturated carbocycles. The number of ether oxygens (including phenoxy) is 1. The maximum absolute atomic E-state index is 13.2. The summed E-state index contributed by atoms with van der Waals surface area (Å²) >= 11 is 0. The summed E-state index contributed by atoms with van der Waals surface area (Å²) in [5, 5.41) is 3.80. The second kappa shape index (κ2) is 8.27. The number of methoxy groups -OCH3 is 1. The Bertz CT molecular complexity index is 943. The maximum Gasteiger partial charge on any atom is 0.250 e. The Morgan fingerprint density at radius 1 is 1.36 bits per heavy atom. The van der Waals surface area contributed by atoms with Crippen LogP contribution in [0, 0.1) is 6.92 Å². The van der Waals surface area contributed by atoms with Gasteiger partial charge in [0, 0.05) is 32.1 Å². The lowest BCUT2D eigenvalue weighted by molar-refractivity contribution is -0.133. The van der Waals surface area contributed by atoms with Crippen LogP contribution in [0.4, 0.5) is 0 Å². The molecule has 1 aromatic heterocycles. The highest BCUT2D eigenvalue weighted by Crippen LogP contribution is 2.29. The third-order valence-corrected chi connectivity index (χ3v) is 6.55. The van der Waals surface area contributed by atoms with Gasteiger partial charge in [0.1, 0.15) is 11.8 Å². The van der Waals surface area contributed by atoms with E-state index >= 15 is 0 Å². The van der Waals surface area contributed by atoms with Gasteiger partial charge in [0.2, 0.25) is 15.9 Å². The number of nitrogens with zero attached hydrogens (tertiary/aromatic N) is 4. The monoisotopic (exact) mass is 408 g/mol. The van der Waals surface area contributed by atoms with Crippen molar-refractivity contribution in [2.24, 2.45) is 0 Å². The van der Waals surface area contributed by atoms with E-state index in [-0.39, 0.29) is 29.8 Å². The van der Waals surface area contributed by atoms with Crippen molar-refractivity contribution in [1.29, 1.82) is 0 Å². The molecular formula is C18H24N4O5S. The fourth-order valence-corrected chi connectivity index (χ4v) is 4.77. The van der Waals surface area contributed by atoms with Gasteiger partial charge in [-0.2, -0.15) is 9.29 Å². The Kier molecular flexibility index (Phi) is 5.99. The summed E-state index contributed by atoms with van der Waals surface area (Å²) in [5.41, 5.74) is 0. The molecule has 0 radical (unpaired) electrons. The van der Waals surface area contributed by atoms with Gasteiger partial charge in [0.25, 0.3) is 5.89 Å². The number of aryl methyl sites for hydroxylation is 1. The van der Waals surface area contributed by atoms with Crippen LogP contribution in [-0.2, 0) is 14.8 Å². The quantitative estimate of drug-likeness (QED) is 0.742. The predicted octanol–water partition coefficient (Wildman–Crippen LogP) is 1.76. The van der Waals surface area contributed by atoms with Gasteiger partial charge >= 0.3 is 0 Å². The normalized spacial score (nSPS) is 18.7. The van der Waals surface area contributed by atoms with Gasteiger partial charge in [-0.1, -0.05) is 18.1 Å². The van der Waals surface area contributed by atoms with Gasteiger partial charge < -0.3 is 14.2 Å². The van der Waals surface area contributed by atoms with Gasteiger partial charge in [-0.25, -0.2) is 8.42 Å². The number of benzene rings is 1. The molecular weight excluding hydrogens is 384 g/mol. The summed E-state index contributed by atoms with van der Waals surface area (Å²) in [4.78, 5) is 18.5. The second-order valence-electron chi connectivity index (χ2n) is 6.53. The van der Waals surface area contributed by atoms with Crippen molar-refractivity contribution in [3.8, 4) is 5.75 Å². The maximum atomic E-state index is 13.2. The van der Waals surface area contributed by atoms with Crippen molar-refractivity contribution in [2.45, 2.75) is 37.6 Å². The number of aromatic nitrogens is 2. The second-order valence-corrected chi connectivity index (χ2v) is 8.47. The van der Waals surface area contributed by atoms with Crippen LogP contribution in [0.5, 0.6) is 5.75 Å². The Morgan fingerprint density at radius 3 is 2.79 bits per heavy atom. The molecule has 2 aromatic rings. The van der Waals surface area contributed by atoms with E-state index in [9.17, 15) is 13.2 Å². The van der Waals surface area contributed by atoms with Crippen LogP contribution in [0.3, 0.4) is 0 Å². The minimum atomic E-state index is -3.78. The van der Waals surface area contributed by atoms with Crippen molar-refractivity contribution in [2.75, 3.05) is 26.7 Å². The molecule has 152 valence electrons. The first kappa shape index (κ1) is 20.3. The molecule has 1 unspecified atom stereocenters. The molecule has 0 aliphatic carbocycles. The molecule has 9 nitrogen and oxygen atoms in total. The Hall–Kier alpha value is -2.46. The van der Waals surface area contributed by atoms with Crippen molar-refractivity contribution in [3.05, 3.63) is 36.0 Å². The van der Waals surface area contributed by atoms with Crippen molar-refractivity contribution >= 4 is 15.9 Å². The fourth-order valence-electron chi connectivity index (χ4n) is 3.25. The summed E-state index contributed by atoms with van der Waals surface area (Å²) in [5.74, 6) is 1.06. The predicted molar refractivity (Wildman–Crippen MR) is 100 cm³/mol. The number of amides is 1. The van der Waals surface area contributed by atoms with Crippen LogP contribution in [0.1, 0.15) is 37.5 Å². The standard InChI is InChI=1S/C18H24N4O5S/c1-4-17(23)22-10-6-9-21(12-16(22)18-19-13(2)20-27-18)28(24,25)15-8-5-7-14(11-15)26-3/h5,7-8,11,16H,4,6,9-10,12H2,1-3H3. The van der Waals surface area contributed by atoms with Crippen LogP contribution in [-0.4, -0.2) is 60.4 Å². The van der Waals surface area contributed by atoms with Gasteiger partial charge in [-0.3, -0.25) is 4.79 Å². The Balaban J connectivity index is 1.97. The van der Waals surface area contributed by atoms with E-state index in [0.29, 0.717) is 31.0 Å².